The third-order valence-corrected chi connectivity index (χ3v) is 5.80. The summed E-state index contributed by atoms with van der Waals surface area (Å²) in [5.74, 6) is -2.30. The van der Waals surface area contributed by atoms with Crippen molar-refractivity contribution in [1.29, 1.82) is 0 Å². The van der Waals surface area contributed by atoms with Crippen molar-refractivity contribution in [2.45, 2.75) is 63.0 Å². The van der Waals surface area contributed by atoms with Crippen LogP contribution in [0.2, 0.25) is 0 Å². The van der Waals surface area contributed by atoms with E-state index >= 15 is 0 Å². The summed E-state index contributed by atoms with van der Waals surface area (Å²) in [7, 11) is 1.82. The zero-order chi connectivity index (χ0) is 19.9. The second kappa shape index (κ2) is 9.62. The van der Waals surface area contributed by atoms with E-state index in [-0.39, 0.29) is 49.6 Å². The minimum Gasteiger partial charge on any atom is -0.319 e. The van der Waals surface area contributed by atoms with E-state index in [1.54, 1.807) is 16.9 Å². The summed E-state index contributed by atoms with van der Waals surface area (Å²) in [6.45, 7) is 1.85. The lowest BCUT2D eigenvalue weighted by molar-refractivity contribution is -0.0405. The van der Waals surface area contributed by atoms with Crippen LogP contribution in [0.5, 0.6) is 0 Å². The van der Waals surface area contributed by atoms with E-state index in [2.05, 4.69) is 15.7 Å². The van der Waals surface area contributed by atoms with Gasteiger partial charge in [-0.1, -0.05) is 12.1 Å². The SMILES string of the molecule is Cc1nn(C)cc1NC(=O)c1cccc([C@@H]2C[C@H]2NC2CCC(F)(F)CC2)c1.Cl.Cl. The molecule has 0 spiro atoms. The average Bonchev–Trinajstić information content (AvgIpc) is 3.34. The lowest BCUT2D eigenvalue weighted by Crippen LogP contribution is -2.38. The summed E-state index contributed by atoms with van der Waals surface area (Å²) in [4.78, 5) is 12.6. The van der Waals surface area contributed by atoms with Gasteiger partial charge in [0.15, 0.2) is 0 Å². The van der Waals surface area contributed by atoms with E-state index in [0.717, 1.165) is 17.7 Å². The van der Waals surface area contributed by atoms with E-state index in [1.165, 1.54) is 0 Å². The molecule has 0 aliphatic heterocycles. The first-order valence-electron chi connectivity index (χ1n) is 9.86. The van der Waals surface area contributed by atoms with Crippen LogP contribution in [0.3, 0.4) is 0 Å². The Morgan fingerprint density at radius 2 is 1.93 bits per heavy atom. The van der Waals surface area contributed by atoms with Crippen LogP contribution in [-0.2, 0) is 7.05 Å². The number of hydrogen-bond acceptors (Lipinski definition) is 3. The number of amides is 1. The van der Waals surface area contributed by atoms with Gasteiger partial charge in [0.2, 0.25) is 5.92 Å². The van der Waals surface area contributed by atoms with Crippen LogP contribution >= 0.6 is 24.8 Å². The summed E-state index contributed by atoms with van der Waals surface area (Å²) < 4.78 is 28.3. The van der Waals surface area contributed by atoms with Gasteiger partial charge in [-0.15, -0.1) is 24.8 Å². The molecule has 2 atom stereocenters. The highest BCUT2D eigenvalue weighted by atomic mass is 35.5. The van der Waals surface area contributed by atoms with Gasteiger partial charge in [-0.05, 0) is 43.9 Å². The molecule has 2 N–H and O–H groups in total. The summed E-state index contributed by atoms with van der Waals surface area (Å²) >= 11 is 0. The molecule has 9 heteroatoms. The molecule has 1 aromatic heterocycles. The van der Waals surface area contributed by atoms with Crippen LogP contribution in [0.25, 0.3) is 0 Å². The topological polar surface area (TPSA) is 59.0 Å². The number of benzene rings is 1. The number of halogens is 4. The van der Waals surface area contributed by atoms with Crippen molar-refractivity contribution in [2.75, 3.05) is 5.32 Å². The molecular weight excluding hydrogens is 433 g/mol. The van der Waals surface area contributed by atoms with E-state index in [9.17, 15) is 13.6 Å². The number of aromatic nitrogens is 2. The third-order valence-electron chi connectivity index (χ3n) is 5.80. The highest BCUT2D eigenvalue weighted by molar-refractivity contribution is 6.04. The van der Waals surface area contributed by atoms with Crippen LogP contribution in [0.4, 0.5) is 14.5 Å². The number of alkyl halides is 2. The Hall–Kier alpha value is -1.70. The standard InChI is InChI=1S/C21H26F2N4O.2ClH/c1-13-19(12-27(2)26-13)25-20(28)15-5-3-4-14(10-15)17-11-18(17)24-16-6-8-21(22,23)9-7-16;;/h3-5,10,12,16-18,24H,6-9,11H2,1-2H3,(H,25,28);2*1H/t17-,18+;;/m0../s1. The van der Waals surface area contributed by atoms with E-state index in [0.29, 0.717) is 36.1 Å². The van der Waals surface area contributed by atoms with Gasteiger partial charge >= 0.3 is 0 Å². The normalized spacial score (nSPS) is 22.5. The van der Waals surface area contributed by atoms with E-state index < -0.39 is 5.92 Å². The van der Waals surface area contributed by atoms with Crippen molar-refractivity contribution in [3.63, 3.8) is 0 Å². The van der Waals surface area contributed by atoms with Crippen molar-refractivity contribution >= 4 is 36.4 Å². The first kappa shape index (κ1) is 24.6. The molecule has 2 aromatic rings. The molecular formula is C21H28Cl2F2N4O. The minimum absolute atomic E-state index is 0. The van der Waals surface area contributed by atoms with Gasteiger partial charge in [0.25, 0.3) is 5.91 Å². The van der Waals surface area contributed by atoms with Crippen molar-refractivity contribution in [2.24, 2.45) is 7.05 Å². The van der Waals surface area contributed by atoms with Gasteiger partial charge in [-0.2, -0.15) is 5.10 Å². The predicted octanol–water partition coefficient (Wildman–Crippen LogP) is 4.85. The summed E-state index contributed by atoms with van der Waals surface area (Å²) in [6, 6.07) is 8.16. The van der Waals surface area contributed by atoms with Gasteiger partial charge in [0.05, 0.1) is 11.4 Å². The number of nitrogens with zero attached hydrogens (tertiary/aromatic N) is 2. The number of aryl methyl sites for hydroxylation is 2. The Kier molecular flexibility index (Phi) is 7.88. The van der Waals surface area contributed by atoms with Crippen LogP contribution in [0, 0.1) is 6.92 Å². The average molecular weight is 461 g/mol. The fourth-order valence-electron chi connectivity index (χ4n) is 4.08. The molecule has 2 fully saturated rings. The Bertz CT molecular complexity index is 880. The lowest BCUT2D eigenvalue weighted by Gasteiger charge is -2.29. The largest absolute Gasteiger partial charge is 0.319 e. The number of hydrogen-bond donors (Lipinski definition) is 2. The molecule has 2 aliphatic rings. The van der Waals surface area contributed by atoms with Gasteiger partial charge in [0, 0.05) is 49.7 Å². The molecule has 2 aliphatic carbocycles. The van der Waals surface area contributed by atoms with Gasteiger partial charge in [-0.25, -0.2) is 8.78 Å². The molecule has 1 aromatic carbocycles. The highest BCUT2D eigenvalue weighted by Gasteiger charge is 2.42. The molecule has 0 saturated heterocycles. The number of carbonyl (C=O) groups is 1. The first-order chi connectivity index (χ1) is 13.3. The molecule has 0 unspecified atom stereocenters. The maximum absolute atomic E-state index is 13.3. The molecule has 1 heterocycles. The van der Waals surface area contributed by atoms with Crippen LogP contribution in [0.15, 0.2) is 30.5 Å². The molecule has 2 saturated carbocycles. The first-order valence-corrected chi connectivity index (χ1v) is 9.86. The monoisotopic (exact) mass is 460 g/mol. The molecule has 5 nitrogen and oxygen atoms in total. The minimum atomic E-state index is -2.49. The van der Waals surface area contributed by atoms with Crippen LogP contribution < -0.4 is 10.6 Å². The molecule has 30 heavy (non-hydrogen) atoms. The van der Waals surface area contributed by atoms with Crippen molar-refractivity contribution in [3.8, 4) is 0 Å². The number of nitrogens with one attached hydrogen (secondary N) is 2. The second-order valence-electron chi connectivity index (χ2n) is 8.13. The van der Waals surface area contributed by atoms with Crippen LogP contribution in [0.1, 0.15) is 59.6 Å². The summed E-state index contributed by atoms with van der Waals surface area (Å²) in [5.41, 5.74) is 3.22. The van der Waals surface area contributed by atoms with E-state index in [4.69, 9.17) is 0 Å². The van der Waals surface area contributed by atoms with Crippen molar-refractivity contribution in [1.82, 2.24) is 15.1 Å². The summed E-state index contributed by atoms with van der Waals surface area (Å²) in [6.07, 6.45) is 3.79. The quantitative estimate of drug-likeness (QED) is 0.670. The zero-order valence-electron chi connectivity index (χ0n) is 17.0. The second-order valence-corrected chi connectivity index (χ2v) is 8.13. The zero-order valence-corrected chi connectivity index (χ0v) is 18.7. The maximum Gasteiger partial charge on any atom is 0.255 e. The number of carbonyl (C=O) groups excluding carboxylic acids is 1. The molecule has 1 amide bonds. The smallest absolute Gasteiger partial charge is 0.255 e. The Morgan fingerprint density at radius 1 is 1.23 bits per heavy atom. The number of rotatable bonds is 5. The van der Waals surface area contributed by atoms with Gasteiger partial charge < -0.3 is 10.6 Å². The Labute approximate surface area is 187 Å². The maximum atomic E-state index is 13.3. The predicted molar refractivity (Wildman–Crippen MR) is 118 cm³/mol. The Balaban J connectivity index is 0.00000160. The lowest BCUT2D eigenvalue weighted by atomic mass is 9.92. The molecule has 166 valence electrons. The number of anilines is 1. The van der Waals surface area contributed by atoms with Crippen LogP contribution in [-0.4, -0.2) is 33.7 Å². The third kappa shape index (κ3) is 5.71. The van der Waals surface area contributed by atoms with Crippen molar-refractivity contribution in [3.05, 3.63) is 47.3 Å². The summed E-state index contributed by atoms with van der Waals surface area (Å²) in [5, 5.41) is 10.7. The fourth-order valence-corrected chi connectivity index (χ4v) is 4.08. The Morgan fingerprint density at radius 3 is 2.57 bits per heavy atom. The molecule has 0 bridgehead atoms. The fraction of sp³-hybridized carbons (Fsp3) is 0.524. The van der Waals surface area contributed by atoms with Gasteiger partial charge in [-0.3, -0.25) is 9.48 Å². The molecule has 0 radical (unpaired) electrons. The molecule has 4 rings (SSSR count). The van der Waals surface area contributed by atoms with Crippen molar-refractivity contribution < 1.29 is 13.6 Å². The van der Waals surface area contributed by atoms with E-state index in [1.807, 2.05) is 32.2 Å². The van der Waals surface area contributed by atoms with Gasteiger partial charge in [0.1, 0.15) is 0 Å². The highest BCUT2D eigenvalue weighted by Crippen LogP contribution is 2.43.